The van der Waals surface area contributed by atoms with Crippen LogP contribution >= 0.6 is 0 Å². The minimum Gasteiger partial charge on any atom is -0.452 e. The second kappa shape index (κ2) is 9.03. The molecule has 2 N–H and O–H groups in total. The van der Waals surface area contributed by atoms with E-state index in [1.807, 2.05) is 25.1 Å². The fourth-order valence-electron chi connectivity index (χ4n) is 2.22. The summed E-state index contributed by atoms with van der Waals surface area (Å²) >= 11 is 0. The molecular weight excluding hydrogens is 360 g/mol. The Labute approximate surface area is 164 Å². The summed E-state index contributed by atoms with van der Waals surface area (Å²) in [6, 6.07) is 13.4. The summed E-state index contributed by atoms with van der Waals surface area (Å²) in [7, 11) is 0. The monoisotopic (exact) mass is 384 g/mol. The molecule has 0 aliphatic rings. The first-order chi connectivity index (χ1) is 13.1. The van der Waals surface area contributed by atoms with Crippen LogP contribution in [0.25, 0.3) is 0 Å². The first-order valence-electron chi connectivity index (χ1n) is 8.77. The molecular formula is C21H24N2O5. The molecule has 28 heavy (non-hydrogen) atoms. The van der Waals surface area contributed by atoms with Gasteiger partial charge in [0.25, 0.3) is 5.91 Å². The normalized spacial score (nSPS) is 10.7. The summed E-state index contributed by atoms with van der Waals surface area (Å²) in [5.41, 5.74) is 1.71. The maximum Gasteiger partial charge on any atom is 0.412 e. The fraction of sp³-hybridized carbons (Fsp3) is 0.286. The number of para-hydroxylation sites is 1. The number of aryl methyl sites for hydroxylation is 1. The van der Waals surface area contributed by atoms with E-state index in [-0.39, 0.29) is 5.56 Å². The molecule has 0 aliphatic carbocycles. The highest BCUT2D eigenvalue weighted by Gasteiger charge is 2.16. The van der Waals surface area contributed by atoms with E-state index in [0.29, 0.717) is 11.4 Å². The van der Waals surface area contributed by atoms with Crippen molar-refractivity contribution in [2.24, 2.45) is 0 Å². The number of hydrogen-bond donors (Lipinski definition) is 2. The van der Waals surface area contributed by atoms with Gasteiger partial charge in [0.05, 0.1) is 5.56 Å². The van der Waals surface area contributed by atoms with E-state index in [2.05, 4.69) is 10.6 Å². The predicted molar refractivity (Wildman–Crippen MR) is 106 cm³/mol. The summed E-state index contributed by atoms with van der Waals surface area (Å²) in [4.78, 5) is 35.7. The molecule has 2 aromatic rings. The van der Waals surface area contributed by atoms with Gasteiger partial charge in [0, 0.05) is 11.4 Å². The van der Waals surface area contributed by atoms with Gasteiger partial charge in [-0.15, -0.1) is 0 Å². The molecule has 0 spiro atoms. The minimum atomic E-state index is -0.635. The van der Waals surface area contributed by atoms with Crippen molar-refractivity contribution in [2.45, 2.75) is 33.3 Å². The lowest BCUT2D eigenvalue weighted by Gasteiger charge is -2.19. The van der Waals surface area contributed by atoms with Crippen molar-refractivity contribution in [3.63, 3.8) is 0 Å². The SMILES string of the molecule is Cc1ccccc1NC(=O)COC(=O)c1ccc(NC(=O)OC(C)(C)C)cc1. The van der Waals surface area contributed by atoms with Crippen LogP contribution in [0.15, 0.2) is 48.5 Å². The van der Waals surface area contributed by atoms with Crippen LogP contribution in [-0.2, 0) is 14.3 Å². The van der Waals surface area contributed by atoms with Gasteiger partial charge in [-0.25, -0.2) is 9.59 Å². The Hall–Kier alpha value is -3.35. The van der Waals surface area contributed by atoms with E-state index < -0.39 is 30.2 Å². The summed E-state index contributed by atoms with van der Waals surface area (Å²) in [6.07, 6.45) is -0.587. The van der Waals surface area contributed by atoms with Crippen molar-refractivity contribution < 1.29 is 23.9 Å². The van der Waals surface area contributed by atoms with Crippen LogP contribution < -0.4 is 10.6 Å². The quantitative estimate of drug-likeness (QED) is 0.756. The molecule has 0 aliphatic heterocycles. The Kier molecular flexibility index (Phi) is 6.76. The number of carbonyl (C=O) groups excluding carboxylic acids is 3. The van der Waals surface area contributed by atoms with Crippen LogP contribution in [0, 0.1) is 6.92 Å². The Bertz CT molecular complexity index is 854. The third-order valence-electron chi connectivity index (χ3n) is 3.52. The molecule has 0 heterocycles. The van der Waals surface area contributed by atoms with Gasteiger partial charge in [0.1, 0.15) is 5.60 Å². The lowest BCUT2D eigenvalue weighted by Crippen LogP contribution is -2.27. The largest absolute Gasteiger partial charge is 0.452 e. The van der Waals surface area contributed by atoms with Crippen molar-refractivity contribution >= 4 is 29.3 Å². The van der Waals surface area contributed by atoms with E-state index in [9.17, 15) is 14.4 Å². The van der Waals surface area contributed by atoms with Gasteiger partial charge in [-0.1, -0.05) is 18.2 Å². The molecule has 0 saturated carbocycles. The summed E-state index contributed by atoms with van der Waals surface area (Å²) in [5.74, 6) is -1.06. The van der Waals surface area contributed by atoms with Gasteiger partial charge in [-0.2, -0.15) is 0 Å². The summed E-state index contributed by atoms with van der Waals surface area (Å²) in [6.45, 7) is 6.77. The lowest BCUT2D eigenvalue weighted by molar-refractivity contribution is -0.119. The predicted octanol–water partition coefficient (Wildman–Crippen LogP) is 4.14. The van der Waals surface area contributed by atoms with Gasteiger partial charge < -0.3 is 14.8 Å². The van der Waals surface area contributed by atoms with Crippen molar-refractivity contribution in [1.29, 1.82) is 0 Å². The third-order valence-corrected chi connectivity index (χ3v) is 3.52. The smallest absolute Gasteiger partial charge is 0.412 e. The maximum absolute atomic E-state index is 12.1. The van der Waals surface area contributed by atoms with Gasteiger partial charge in [-0.3, -0.25) is 10.1 Å². The van der Waals surface area contributed by atoms with Gasteiger partial charge in [0.2, 0.25) is 0 Å². The number of nitrogens with one attached hydrogen (secondary N) is 2. The topological polar surface area (TPSA) is 93.7 Å². The third kappa shape index (κ3) is 6.75. The molecule has 2 aromatic carbocycles. The number of esters is 1. The van der Waals surface area contributed by atoms with E-state index in [1.54, 1.807) is 39.0 Å². The summed E-state index contributed by atoms with van der Waals surface area (Å²) in [5, 5.41) is 5.26. The summed E-state index contributed by atoms with van der Waals surface area (Å²) < 4.78 is 10.2. The Morgan fingerprint density at radius 3 is 2.18 bits per heavy atom. The van der Waals surface area contributed by atoms with E-state index in [1.165, 1.54) is 12.1 Å². The molecule has 0 aromatic heterocycles. The van der Waals surface area contributed by atoms with Crippen molar-refractivity contribution in [2.75, 3.05) is 17.2 Å². The number of amides is 2. The number of benzene rings is 2. The standard InChI is InChI=1S/C21H24N2O5/c1-14-7-5-6-8-17(14)23-18(24)13-27-19(25)15-9-11-16(12-10-15)22-20(26)28-21(2,3)4/h5-12H,13H2,1-4H3,(H,22,26)(H,23,24). The molecule has 0 saturated heterocycles. The minimum absolute atomic E-state index is 0.262. The molecule has 2 amide bonds. The average Bonchev–Trinajstić information content (AvgIpc) is 2.60. The molecule has 148 valence electrons. The second-order valence-corrected chi connectivity index (χ2v) is 7.14. The number of carbonyl (C=O) groups is 3. The number of hydrogen-bond acceptors (Lipinski definition) is 5. The molecule has 7 nitrogen and oxygen atoms in total. The molecule has 0 unspecified atom stereocenters. The van der Waals surface area contributed by atoms with Crippen molar-refractivity contribution in [3.8, 4) is 0 Å². The number of ether oxygens (including phenoxy) is 2. The van der Waals surface area contributed by atoms with Gasteiger partial charge in [-0.05, 0) is 63.6 Å². The molecule has 0 radical (unpaired) electrons. The van der Waals surface area contributed by atoms with Gasteiger partial charge >= 0.3 is 12.1 Å². The van der Waals surface area contributed by atoms with E-state index >= 15 is 0 Å². The Morgan fingerprint density at radius 1 is 0.929 bits per heavy atom. The zero-order chi connectivity index (χ0) is 20.7. The molecule has 0 fully saturated rings. The molecule has 2 rings (SSSR count). The highest BCUT2D eigenvalue weighted by atomic mass is 16.6. The van der Waals surface area contributed by atoms with Crippen LogP contribution in [0.3, 0.4) is 0 Å². The molecule has 0 atom stereocenters. The second-order valence-electron chi connectivity index (χ2n) is 7.14. The highest BCUT2D eigenvalue weighted by molar-refractivity contribution is 5.96. The highest BCUT2D eigenvalue weighted by Crippen LogP contribution is 2.15. The Balaban J connectivity index is 1.85. The van der Waals surface area contributed by atoms with Crippen molar-refractivity contribution in [3.05, 3.63) is 59.7 Å². The van der Waals surface area contributed by atoms with Crippen LogP contribution in [0.2, 0.25) is 0 Å². The lowest BCUT2D eigenvalue weighted by atomic mass is 10.2. The zero-order valence-electron chi connectivity index (χ0n) is 16.4. The van der Waals surface area contributed by atoms with Crippen molar-refractivity contribution in [1.82, 2.24) is 0 Å². The first kappa shape index (κ1) is 21.0. The fourth-order valence-corrected chi connectivity index (χ4v) is 2.22. The Morgan fingerprint density at radius 2 is 1.57 bits per heavy atom. The first-order valence-corrected chi connectivity index (χ1v) is 8.77. The molecule has 7 heteroatoms. The average molecular weight is 384 g/mol. The van der Waals surface area contributed by atoms with Crippen LogP contribution in [-0.4, -0.2) is 30.2 Å². The zero-order valence-corrected chi connectivity index (χ0v) is 16.4. The number of rotatable bonds is 5. The van der Waals surface area contributed by atoms with E-state index in [0.717, 1.165) is 5.56 Å². The van der Waals surface area contributed by atoms with Gasteiger partial charge in [0.15, 0.2) is 6.61 Å². The number of anilines is 2. The van der Waals surface area contributed by atoms with Crippen LogP contribution in [0.4, 0.5) is 16.2 Å². The van der Waals surface area contributed by atoms with Crippen LogP contribution in [0.5, 0.6) is 0 Å². The maximum atomic E-state index is 12.1. The van der Waals surface area contributed by atoms with E-state index in [4.69, 9.17) is 9.47 Å². The van der Waals surface area contributed by atoms with Crippen LogP contribution in [0.1, 0.15) is 36.7 Å². The molecule has 0 bridgehead atoms.